The number of hydrogen-bond acceptors (Lipinski definition) is 3. The molecule has 2 heterocycles. The molecule has 0 aliphatic carbocycles. The van der Waals surface area contributed by atoms with E-state index < -0.39 is 17.5 Å². The summed E-state index contributed by atoms with van der Waals surface area (Å²) in [6, 6.07) is 0.127. The van der Waals surface area contributed by atoms with Crippen molar-refractivity contribution in [2.75, 3.05) is 32.8 Å². The van der Waals surface area contributed by atoms with Gasteiger partial charge < -0.3 is 10.1 Å². The summed E-state index contributed by atoms with van der Waals surface area (Å²) in [5.41, 5.74) is -0.866. The molecular weight excluding hydrogens is 297 g/mol. The summed E-state index contributed by atoms with van der Waals surface area (Å²) in [7, 11) is 0. The van der Waals surface area contributed by atoms with Gasteiger partial charge >= 0.3 is 6.18 Å². The predicted octanol–water partition coefficient (Wildman–Crippen LogP) is 2.19. The first-order chi connectivity index (χ1) is 10.2. The summed E-state index contributed by atoms with van der Waals surface area (Å²) in [4.78, 5) is 13.9. The van der Waals surface area contributed by atoms with E-state index in [2.05, 4.69) is 5.32 Å². The number of carbonyl (C=O) groups excluding carboxylic acids is 1. The number of nitrogens with zero attached hydrogens (tertiary/aromatic N) is 1. The Bertz CT molecular complexity index is 393. The highest BCUT2D eigenvalue weighted by molar-refractivity contribution is 5.78. The van der Waals surface area contributed by atoms with E-state index in [4.69, 9.17) is 4.74 Å². The van der Waals surface area contributed by atoms with Gasteiger partial charge in [-0.2, -0.15) is 13.2 Å². The molecule has 0 spiro atoms. The van der Waals surface area contributed by atoms with E-state index in [1.807, 2.05) is 4.90 Å². The highest BCUT2D eigenvalue weighted by Gasteiger charge is 2.51. The monoisotopic (exact) mass is 322 g/mol. The fraction of sp³-hybridized carbons (Fsp3) is 0.933. The molecule has 22 heavy (non-hydrogen) atoms. The van der Waals surface area contributed by atoms with Crippen LogP contribution in [0.3, 0.4) is 0 Å². The molecule has 128 valence electrons. The minimum absolute atomic E-state index is 0.0566. The second kappa shape index (κ2) is 6.74. The number of nitrogens with one attached hydrogen (secondary N) is 1. The molecule has 0 saturated carbocycles. The van der Waals surface area contributed by atoms with Gasteiger partial charge in [0.1, 0.15) is 0 Å². The van der Waals surface area contributed by atoms with Crippen LogP contribution in [0.4, 0.5) is 13.2 Å². The van der Waals surface area contributed by atoms with E-state index in [1.165, 1.54) is 0 Å². The van der Waals surface area contributed by atoms with Crippen LogP contribution in [-0.2, 0) is 9.53 Å². The number of alkyl halides is 3. The standard InChI is InChI=1S/C15H25F3N2O2/c1-14(2)10-20(6-3-12(14)15(16,17)18)9-13(21)19-11-4-7-22-8-5-11/h11-12H,3-10H2,1-2H3,(H,19,21)/t12-/m1/s1. The number of rotatable bonds is 3. The maximum Gasteiger partial charge on any atom is 0.392 e. The van der Waals surface area contributed by atoms with Gasteiger partial charge in [0, 0.05) is 25.8 Å². The SMILES string of the molecule is CC1(C)CN(CC(=O)NC2CCOCC2)CC[C@H]1C(F)(F)F. The van der Waals surface area contributed by atoms with E-state index in [1.54, 1.807) is 13.8 Å². The molecule has 7 heteroatoms. The molecule has 0 bridgehead atoms. The lowest BCUT2D eigenvalue weighted by Gasteiger charge is -2.44. The van der Waals surface area contributed by atoms with Crippen molar-refractivity contribution in [3.63, 3.8) is 0 Å². The maximum absolute atomic E-state index is 13.0. The van der Waals surface area contributed by atoms with Crippen LogP contribution in [-0.4, -0.2) is 55.9 Å². The van der Waals surface area contributed by atoms with Crippen molar-refractivity contribution >= 4 is 5.91 Å². The number of piperidine rings is 1. The second-order valence-corrected chi connectivity index (χ2v) is 7.04. The van der Waals surface area contributed by atoms with Crippen molar-refractivity contribution in [2.45, 2.75) is 45.3 Å². The van der Waals surface area contributed by atoms with E-state index in [0.29, 0.717) is 26.3 Å². The quantitative estimate of drug-likeness (QED) is 0.866. The predicted molar refractivity (Wildman–Crippen MR) is 76.4 cm³/mol. The van der Waals surface area contributed by atoms with Crippen molar-refractivity contribution in [3.05, 3.63) is 0 Å². The van der Waals surface area contributed by atoms with E-state index in [9.17, 15) is 18.0 Å². The molecule has 0 aromatic carbocycles. The topological polar surface area (TPSA) is 41.6 Å². The van der Waals surface area contributed by atoms with Crippen molar-refractivity contribution < 1.29 is 22.7 Å². The van der Waals surface area contributed by atoms with Gasteiger partial charge in [-0.3, -0.25) is 9.69 Å². The molecule has 2 fully saturated rings. The number of carbonyl (C=O) groups is 1. The first-order valence-corrected chi connectivity index (χ1v) is 7.84. The average Bonchev–Trinajstić information content (AvgIpc) is 2.36. The summed E-state index contributed by atoms with van der Waals surface area (Å²) >= 11 is 0. The second-order valence-electron chi connectivity index (χ2n) is 7.04. The summed E-state index contributed by atoms with van der Waals surface area (Å²) in [6.45, 7) is 5.34. The van der Waals surface area contributed by atoms with Gasteiger partial charge in [0.2, 0.25) is 5.91 Å². The van der Waals surface area contributed by atoms with Crippen molar-refractivity contribution in [1.29, 1.82) is 0 Å². The highest BCUT2D eigenvalue weighted by atomic mass is 19.4. The van der Waals surface area contributed by atoms with Crippen molar-refractivity contribution in [1.82, 2.24) is 10.2 Å². The molecule has 2 aliphatic rings. The number of ether oxygens (including phenoxy) is 1. The van der Waals surface area contributed by atoms with Crippen LogP contribution in [0.2, 0.25) is 0 Å². The van der Waals surface area contributed by atoms with Crippen LogP contribution in [0.25, 0.3) is 0 Å². The first kappa shape index (κ1) is 17.5. The van der Waals surface area contributed by atoms with Gasteiger partial charge in [0.05, 0.1) is 12.5 Å². The van der Waals surface area contributed by atoms with Gasteiger partial charge in [-0.1, -0.05) is 13.8 Å². The average molecular weight is 322 g/mol. The molecule has 1 amide bonds. The van der Waals surface area contributed by atoms with Crippen LogP contribution in [0.1, 0.15) is 33.1 Å². The van der Waals surface area contributed by atoms with Gasteiger partial charge in [-0.25, -0.2) is 0 Å². The number of amides is 1. The Balaban J connectivity index is 1.83. The molecule has 0 unspecified atom stereocenters. The Labute approximate surface area is 129 Å². The molecule has 1 atom stereocenters. The van der Waals surface area contributed by atoms with Crippen LogP contribution in [0.15, 0.2) is 0 Å². The zero-order valence-electron chi connectivity index (χ0n) is 13.2. The fourth-order valence-corrected chi connectivity index (χ4v) is 3.53. The summed E-state index contributed by atoms with van der Waals surface area (Å²) in [5, 5.41) is 2.95. The van der Waals surface area contributed by atoms with Gasteiger partial charge in [0.25, 0.3) is 0 Å². The molecule has 1 N–H and O–H groups in total. The van der Waals surface area contributed by atoms with Crippen LogP contribution in [0, 0.1) is 11.3 Å². The van der Waals surface area contributed by atoms with Gasteiger partial charge in [0.15, 0.2) is 0 Å². The smallest absolute Gasteiger partial charge is 0.381 e. The van der Waals surface area contributed by atoms with Crippen molar-refractivity contribution in [2.24, 2.45) is 11.3 Å². The Morgan fingerprint density at radius 1 is 1.27 bits per heavy atom. The normalized spacial score (nSPS) is 27.6. The summed E-state index contributed by atoms with van der Waals surface area (Å²) in [5.74, 6) is -1.40. The Morgan fingerprint density at radius 3 is 2.45 bits per heavy atom. The molecule has 0 radical (unpaired) electrons. The number of halogens is 3. The molecule has 0 aromatic rings. The molecule has 4 nitrogen and oxygen atoms in total. The Hall–Kier alpha value is -0.820. The van der Waals surface area contributed by atoms with E-state index >= 15 is 0 Å². The zero-order valence-corrected chi connectivity index (χ0v) is 13.2. The molecule has 2 rings (SSSR count). The summed E-state index contributed by atoms with van der Waals surface area (Å²) in [6.07, 6.45) is -2.51. The minimum atomic E-state index is -4.17. The Kier molecular flexibility index (Phi) is 5.37. The third-order valence-corrected chi connectivity index (χ3v) is 4.66. The highest BCUT2D eigenvalue weighted by Crippen LogP contribution is 2.44. The lowest BCUT2D eigenvalue weighted by atomic mass is 9.73. The zero-order chi connectivity index (χ0) is 16.4. The Morgan fingerprint density at radius 2 is 1.91 bits per heavy atom. The first-order valence-electron chi connectivity index (χ1n) is 7.84. The van der Waals surface area contributed by atoms with E-state index in [-0.39, 0.29) is 24.9 Å². The molecular formula is C15H25F3N2O2. The van der Waals surface area contributed by atoms with Gasteiger partial charge in [-0.15, -0.1) is 0 Å². The van der Waals surface area contributed by atoms with Crippen LogP contribution in [0.5, 0.6) is 0 Å². The number of hydrogen-bond donors (Lipinski definition) is 1. The third kappa shape index (κ3) is 4.59. The largest absolute Gasteiger partial charge is 0.392 e. The lowest BCUT2D eigenvalue weighted by Crippen LogP contribution is -2.53. The maximum atomic E-state index is 13.0. The van der Waals surface area contributed by atoms with Crippen molar-refractivity contribution in [3.8, 4) is 0 Å². The van der Waals surface area contributed by atoms with Crippen LogP contribution < -0.4 is 5.32 Å². The minimum Gasteiger partial charge on any atom is -0.381 e. The molecule has 2 saturated heterocycles. The third-order valence-electron chi connectivity index (χ3n) is 4.66. The van der Waals surface area contributed by atoms with Gasteiger partial charge in [-0.05, 0) is 31.2 Å². The lowest BCUT2D eigenvalue weighted by molar-refractivity contribution is -0.216. The fourth-order valence-electron chi connectivity index (χ4n) is 3.53. The number of likely N-dealkylation sites (tertiary alicyclic amines) is 1. The summed E-state index contributed by atoms with van der Waals surface area (Å²) < 4.78 is 44.3. The van der Waals surface area contributed by atoms with Crippen LogP contribution >= 0.6 is 0 Å². The van der Waals surface area contributed by atoms with E-state index in [0.717, 1.165) is 12.8 Å². The molecule has 2 aliphatic heterocycles. The molecule has 0 aromatic heterocycles.